The van der Waals surface area contributed by atoms with Crippen molar-refractivity contribution >= 4 is 32.3 Å². The minimum atomic E-state index is -3.19. The first-order chi connectivity index (χ1) is 11.6. The molecule has 1 aromatic carbocycles. The average molecular weight is 361 g/mol. The number of carbonyl (C=O) groups excluding carboxylic acids is 1. The summed E-state index contributed by atoms with van der Waals surface area (Å²) in [4.78, 5) is 21.0. The smallest absolute Gasteiger partial charge is 0.272 e. The molecule has 0 unspecified atom stereocenters. The lowest BCUT2D eigenvalue weighted by Crippen LogP contribution is -2.54. The number of nitrogens with zero attached hydrogens (tertiary/aromatic N) is 3. The quantitative estimate of drug-likeness (QED) is 0.818. The van der Waals surface area contributed by atoms with Crippen molar-refractivity contribution in [3.8, 4) is 0 Å². The van der Waals surface area contributed by atoms with Crippen LogP contribution in [0.2, 0.25) is 0 Å². The van der Waals surface area contributed by atoms with Crippen molar-refractivity contribution in [2.24, 2.45) is 0 Å². The highest BCUT2D eigenvalue weighted by atomic mass is 32.2. The summed E-state index contributed by atoms with van der Waals surface area (Å²) in [6.45, 7) is 3.72. The Hall–Kier alpha value is -2.15. The van der Waals surface area contributed by atoms with E-state index in [4.69, 9.17) is 0 Å². The molecule has 0 spiro atoms. The number of aromatic nitrogens is 1. The van der Waals surface area contributed by atoms with Crippen molar-refractivity contribution in [2.45, 2.75) is 18.6 Å². The summed E-state index contributed by atoms with van der Waals surface area (Å²) in [5.41, 5.74) is 2.01. The number of rotatable bonds is 2. The first-order valence-corrected chi connectivity index (χ1v) is 9.86. The lowest BCUT2D eigenvalue weighted by Gasteiger charge is -2.37. The number of fused-ring (bicyclic) bond motifs is 1. The number of carbonyl (C=O) groups is 1. The predicted octanol–water partition coefficient (Wildman–Crippen LogP) is 1.95. The van der Waals surface area contributed by atoms with Crippen LogP contribution in [-0.4, -0.2) is 61.9 Å². The Morgan fingerprint density at radius 1 is 1.24 bits per heavy atom. The SMILES string of the molecule is CN(C)c1cc(C(=O)N2CCS(=O)(=O)C(C)(C)C2)nc2ccccc12. The van der Waals surface area contributed by atoms with Crippen LogP contribution in [0, 0.1) is 0 Å². The van der Waals surface area contributed by atoms with Gasteiger partial charge in [0.1, 0.15) is 5.69 Å². The average Bonchev–Trinajstić information content (AvgIpc) is 2.55. The van der Waals surface area contributed by atoms with Crippen molar-refractivity contribution in [3.63, 3.8) is 0 Å². The van der Waals surface area contributed by atoms with E-state index < -0.39 is 14.6 Å². The normalized spacial score (nSPS) is 19.0. The van der Waals surface area contributed by atoms with Gasteiger partial charge in [-0.05, 0) is 26.0 Å². The van der Waals surface area contributed by atoms with Crippen molar-refractivity contribution in [1.82, 2.24) is 9.88 Å². The van der Waals surface area contributed by atoms with E-state index in [9.17, 15) is 13.2 Å². The molecule has 1 saturated heterocycles. The van der Waals surface area contributed by atoms with E-state index in [1.807, 2.05) is 43.3 Å². The molecule has 0 atom stereocenters. The molecule has 3 rings (SSSR count). The highest BCUT2D eigenvalue weighted by Crippen LogP contribution is 2.28. The molecule has 1 fully saturated rings. The van der Waals surface area contributed by atoms with Crippen LogP contribution in [0.4, 0.5) is 5.69 Å². The fourth-order valence-electron chi connectivity index (χ4n) is 3.12. The lowest BCUT2D eigenvalue weighted by molar-refractivity contribution is 0.0738. The monoisotopic (exact) mass is 361 g/mol. The number of anilines is 1. The van der Waals surface area contributed by atoms with E-state index in [2.05, 4.69) is 4.98 Å². The van der Waals surface area contributed by atoms with Crippen LogP contribution < -0.4 is 4.90 Å². The fourth-order valence-corrected chi connectivity index (χ4v) is 4.48. The van der Waals surface area contributed by atoms with Crippen LogP contribution in [0.15, 0.2) is 30.3 Å². The minimum Gasteiger partial charge on any atom is -0.377 e. The molecule has 0 aliphatic carbocycles. The molecule has 1 aliphatic heterocycles. The molecule has 0 radical (unpaired) electrons. The molecule has 6 nitrogen and oxygen atoms in total. The van der Waals surface area contributed by atoms with Gasteiger partial charge in [-0.1, -0.05) is 18.2 Å². The highest BCUT2D eigenvalue weighted by Gasteiger charge is 2.41. The molecule has 2 aromatic rings. The van der Waals surface area contributed by atoms with Crippen LogP contribution in [0.25, 0.3) is 10.9 Å². The summed E-state index contributed by atoms with van der Waals surface area (Å²) < 4.78 is 23.4. The van der Waals surface area contributed by atoms with Crippen molar-refractivity contribution in [3.05, 3.63) is 36.0 Å². The maximum absolute atomic E-state index is 13.0. The predicted molar refractivity (Wildman–Crippen MR) is 99.8 cm³/mol. The summed E-state index contributed by atoms with van der Waals surface area (Å²) in [7, 11) is 0.658. The maximum atomic E-state index is 13.0. The van der Waals surface area contributed by atoms with Gasteiger partial charge in [0.15, 0.2) is 9.84 Å². The van der Waals surface area contributed by atoms with Crippen LogP contribution >= 0.6 is 0 Å². The van der Waals surface area contributed by atoms with E-state index in [1.165, 1.54) is 0 Å². The van der Waals surface area contributed by atoms with E-state index in [0.717, 1.165) is 16.6 Å². The van der Waals surface area contributed by atoms with Crippen molar-refractivity contribution in [1.29, 1.82) is 0 Å². The summed E-state index contributed by atoms with van der Waals surface area (Å²) in [5, 5.41) is 0.977. The Bertz CT molecular complexity index is 936. The van der Waals surface area contributed by atoms with E-state index in [-0.39, 0.29) is 24.7 Å². The second kappa shape index (κ2) is 5.98. The number of benzene rings is 1. The van der Waals surface area contributed by atoms with Crippen molar-refractivity contribution < 1.29 is 13.2 Å². The fraction of sp³-hybridized carbons (Fsp3) is 0.444. The third-order valence-corrected chi connectivity index (χ3v) is 7.26. The summed E-state index contributed by atoms with van der Waals surface area (Å²) in [5.74, 6) is -0.239. The molecule has 1 aromatic heterocycles. The van der Waals surface area contributed by atoms with Crippen LogP contribution in [0.1, 0.15) is 24.3 Å². The lowest BCUT2D eigenvalue weighted by atomic mass is 10.1. The second-order valence-corrected chi connectivity index (χ2v) is 9.99. The number of para-hydroxylation sites is 1. The van der Waals surface area contributed by atoms with Gasteiger partial charge < -0.3 is 9.80 Å². The van der Waals surface area contributed by atoms with Gasteiger partial charge in [0, 0.05) is 38.3 Å². The van der Waals surface area contributed by atoms with Crippen LogP contribution in [-0.2, 0) is 9.84 Å². The molecule has 0 N–H and O–H groups in total. The number of amides is 1. The van der Waals surface area contributed by atoms with Gasteiger partial charge >= 0.3 is 0 Å². The summed E-state index contributed by atoms with van der Waals surface area (Å²) in [6, 6.07) is 9.46. The Balaban J connectivity index is 2.01. The zero-order chi connectivity index (χ0) is 18.4. The van der Waals surface area contributed by atoms with Crippen LogP contribution in [0.5, 0.6) is 0 Å². The Labute approximate surface area is 148 Å². The third-order valence-electron chi connectivity index (χ3n) is 4.73. The maximum Gasteiger partial charge on any atom is 0.272 e. The summed E-state index contributed by atoms with van der Waals surface area (Å²) >= 11 is 0. The van der Waals surface area contributed by atoms with Gasteiger partial charge in [0.05, 0.1) is 16.0 Å². The third kappa shape index (κ3) is 3.08. The number of pyridine rings is 1. The first kappa shape index (κ1) is 17.7. The number of sulfone groups is 1. The van der Waals surface area contributed by atoms with Gasteiger partial charge in [-0.25, -0.2) is 13.4 Å². The Morgan fingerprint density at radius 3 is 2.56 bits per heavy atom. The van der Waals surface area contributed by atoms with Crippen molar-refractivity contribution in [2.75, 3.05) is 37.8 Å². The van der Waals surface area contributed by atoms with Gasteiger partial charge in [-0.2, -0.15) is 0 Å². The number of hydrogen-bond acceptors (Lipinski definition) is 5. The molecule has 134 valence electrons. The van der Waals surface area contributed by atoms with Crippen LogP contribution in [0.3, 0.4) is 0 Å². The molecular formula is C18H23N3O3S. The second-order valence-electron chi connectivity index (χ2n) is 7.24. The van der Waals surface area contributed by atoms with Gasteiger partial charge in [-0.3, -0.25) is 4.79 Å². The molecule has 0 saturated carbocycles. The van der Waals surface area contributed by atoms with Gasteiger partial charge in [0.25, 0.3) is 5.91 Å². The molecular weight excluding hydrogens is 338 g/mol. The molecule has 0 bridgehead atoms. The molecule has 25 heavy (non-hydrogen) atoms. The van der Waals surface area contributed by atoms with E-state index >= 15 is 0 Å². The minimum absolute atomic E-state index is 0.0140. The van der Waals surface area contributed by atoms with Gasteiger partial charge in [-0.15, -0.1) is 0 Å². The molecule has 2 heterocycles. The molecule has 1 aliphatic rings. The molecule has 1 amide bonds. The molecule has 7 heteroatoms. The zero-order valence-corrected chi connectivity index (χ0v) is 15.8. The highest BCUT2D eigenvalue weighted by molar-refractivity contribution is 7.92. The largest absolute Gasteiger partial charge is 0.377 e. The Morgan fingerprint density at radius 2 is 1.92 bits per heavy atom. The zero-order valence-electron chi connectivity index (χ0n) is 15.0. The van der Waals surface area contributed by atoms with Gasteiger partial charge in [0.2, 0.25) is 0 Å². The summed E-state index contributed by atoms with van der Waals surface area (Å²) in [6.07, 6.45) is 0. The topological polar surface area (TPSA) is 70.6 Å². The van der Waals surface area contributed by atoms with E-state index in [0.29, 0.717) is 5.69 Å². The number of hydrogen-bond donors (Lipinski definition) is 0. The Kier molecular flexibility index (Phi) is 4.23. The van der Waals surface area contributed by atoms with E-state index in [1.54, 1.807) is 24.8 Å². The first-order valence-electron chi connectivity index (χ1n) is 8.21. The standard InChI is InChI=1S/C18H23N3O3S/c1-18(2)12-21(9-10-25(18,23)24)17(22)15-11-16(20(3)4)13-7-5-6-8-14(13)19-15/h5-8,11H,9-10,12H2,1-4H3.